The number of carbonyl (C=O) groups excluding carboxylic acids is 1. The number of aliphatic hydroxyl groups is 2. The topological polar surface area (TPSA) is 82.7 Å². The van der Waals surface area contributed by atoms with Crippen LogP contribution < -0.4 is 5.32 Å². The average Bonchev–Trinajstić information content (AvgIpc) is 2.74. The van der Waals surface area contributed by atoms with Crippen LogP contribution in [0.25, 0.3) is 0 Å². The molecule has 0 bridgehead atoms. The molecule has 0 aliphatic rings. The molecule has 0 aromatic carbocycles. The van der Waals surface area contributed by atoms with Crippen molar-refractivity contribution >= 4 is 5.91 Å². The molecule has 0 aliphatic carbocycles. The number of aryl methyl sites for hydroxylation is 1. The number of carbonyl (C=O) groups is 1. The van der Waals surface area contributed by atoms with E-state index in [1.807, 2.05) is 13.8 Å². The Hall–Kier alpha value is -1.33. The van der Waals surface area contributed by atoms with Gasteiger partial charge in [-0.05, 0) is 31.9 Å². The van der Waals surface area contributed by atoms with E-state index in [1.54, 1.807) is 26.0 Å². The first-order valence-electron chi connectivity index (χ1n) is 6.46. The van der Waals surface area contributed by atoms with Crippen molar-refractivity contribution in [2.75, 3.05) is 6.54 Å². The smallest absolute Gasteiger partial charge is 0.222 e. The Morgan fingerprint density at radius 2 is 2.11 bits per heavy atom. The SMILES string of the molecule is Cc1ccc(C(C)(O)CNC(=O)CC(O)C(C)C)o1. The molecule has 0 fully saturated rings. The third kappa shape index (κ3) is 4.69. The summed E-state index contributed by atoms with van der Waals surface area (Å²) in [6.07, 6.45) is -0.638. The summed E-state index contributed by atoms with van der Waals surface area (Å²) in [6.45, 7) is 7.10. The predicted molar refractivity (Wildman–Crippen MR) is 71.5 cm³/mol. The van der Waals surface area contributed by atoms with E-state index in [0.717, 1.165) is 0 Å². The van der Waals surface area contributed by atoms with E-state index < -0.39 is 11.7 Å². The third-order valence-corrected chi connectivity index (χ3v) is 3.07. The lowest BCUT2D eigenvalue weighted by molar-refractivity contribution is -0.124. The van der Waals surface area contributed by atoms with E-state index in [1.165, 1.54) is 0 Å². The molecule has 2 atom stereocenters. The highest BCUT2D eigenvalue weighted by molar-refractivity contribution is 5.76. The Labute approximate surface area is 113 Å². The summed E-state index contributed by atoms with van der Waals surface area (Å²) in [4.78, 5) is 11.6. The number of aliphatic hydroxyl groups excluding tert-OH is 1. The number of nitrogens with one attached hydrogen (secondary N) is 1. The van der Waals surface area contributed by atoms with Crippen LogP contribution in [-0.4, -0.2) is 28.8 Å². The van der Waals surface area contributed by atoms with Gasteiger partial charge in [0.15, 0.2) is 0 Å². The van der Waals surface area contributed by atoms with Gasteiger partial charge in [0.25, 0.3) is 0 Å². The van der Waals surface area contributed by atoms with E-state index in [0.29, 0.717) is 11.5 Å². The molecule has 0 aliphatic heterocycles. The monoisotopic (exact) mass is 269 g/mol. The number of hydrogen-bond acceptors (Lipinski definition) is 4. The molecule has 1 amide bonds. The van der Waals surface area contributed by atoms with Crippen molar-refractivity contribution < 1.29 is 19.4 Å². The van der Waals surface area contributed by atoms with Crippen molar-refractivity contribution in [3.05, 3.63) is 23.7 Å². The van der Waals surface area contributed by atoms with Gasteiger partial charge < -0.3 is 19.9 Å². The molecule has 0 saturated heterocycles. The maximum absolute atomic E-state index is 11.6. The molecule has 1 heterocycles. The van der Waals surface area contributed by atoms with Crippen LogP contribution in [-0.2, 0) is 10.4 Å². The third-order valence-electron chi connectivity index (χ3n) is 3.07. The molecule has 19 heavy (non-hydrogen) atoms. The van der Waals surface area contributed by atoms with E-state index in [9.17, 15) is 15.0 Å². The van der Waals surface area contributed by atoms with Gasteiger partial charge in [-0.3, -0.25) is 4.79 Å². The Bertz CT molecular complexity index is 423. The standard InChI is InChI=1S/C14H23NO4/c1-9(2)11(16)7-13(17)15-8-14(4,18)12-6-5-10(3)19-12/h5-6,9,11,16,18H,7-8H2,1-4H3,(H,15,17). The number of rotatable bonds is 6. The fourth-order valence-electron chi connectivity index (χ4n) is 1.58. The maximum atomic E-state index is 11.6. The van der Waals surface area contributed by atoms with Crippen LogP contribution in [0.15, 0.2) is 16.5 Å². The van der Waals surface area contributed by atoms with E-state index in [-0.39, 0.29) is 24.8 Å². The van der Waals surface area contributed by atoms with Crippen molar-refractivity contribution in [3.8, 4) is 0 Å². The van der Waals surface area contributed by atoms with Crippen LogP contribution in [0, 0.1) is 12.8 Å². The summed E-state index contributed by atoms with van der Waals surface area (Å²) in [7, 11) is 0. The van der Waals surface area contributed by atoms with E-state index >= 15 is 0 Å². The maximum Gasteiger partial charge on any atom is 0.222 e. The van der Waals surface area contributed by atoms with Crippen molar-refractivity contribution in [1.29, 1.82) is 0 Å². The molecule has 1 aromatic rings. The van der Waals surface area contributed by atoms with Crippen molar-refractivity contribution in [1.82, 2.24) is 5.32 Å². The van der Waals surface area contributed by atoms with Crippen LogP contribution in [0.2, 0.25) is 0 Å². The van der Waals surface area contributed by atoms with Gasteiger partial charge in [0.1, 0.15) is 17.1 Å². The zero-order chi connectivity index (χ0) is 14.6. The fraction of sp³-hybridized carbons (Fsp3) is 0.643. The highest BCUT2D eigenvalue weighted by Gasteiger charge is 2.27. The molecule has 0 spiro atoms. The van der Waals surface area contributed by atoms with Gasteiger partial charge in [-0.25, -0.2) is 0 Å². The lowest BCUT2D eigenvalue weighted by Gasteiger charge is -2.22. The van der Waals surface area contributed by atoms with E-state index in [2.05, 4.69) is 5.32 Å². The minimum Gasteiger partial charge on any atom is -0.463 e. The predicted octanol–water partition coefficient (Wildman–Crippen LogP) is 1.32. The van der Waals surface area contributed by atoms with Gasteiger partial charge in [0.05, 0.1) is 19.1 Å². The average molecular weight is 269 g/mol. The van der Waals surface area contributed by atoms with Crippen LogP contribution >= 0.6 is 0 Å². The molecule has 5 nitrogen and oxygen atoms in total. The first-order valence-corrected chi connectivity index (χ1v) is 6.46. The molecule has 108 valence electrons. The van der Waals surface area contributed by atoms with Crippen molar-refractivity contribution in [2.45, 2.75) is 45.8 Å². The minimum atomic E-state index is -1.26. The minimum absolute atomic E-state index is 0.0268. The number of hydrogen-bond donors (Lipinski definition) is 3. The zero-order valence-electron chi connectivity index (χ0n) is 11.9. The van der Waals surface area contributed by atoms with Gasteiger partial charge in [-0.2, -0.15) is 0 Å². The van der Waals surface area contributed by atoms with Crippen molar-refractivity contribution in [2.24, 2.45) is 5.92 Å². The quantitative estimate of drug-likeness (QED) is 0.727. The second-order valence-electron chi connectivity index (χ2n) is 5.48. The van der Waals surface area contributed by atoms with Crippen LogP contribution in [0.4, 0.5) is 0 Å². The Morgan fingerprint density at radius 3 is 2.58 bits per heavy atom. The van der Waals surface area contributed by atoms with Crippen LogP contribution in [0.5, 0.6) is 0 Å². The Kier molecular flexibility index (Phi) is 5.14. The highest BCUT2D eigenvalue weighted by Crippen LogP contribution is 2.22. The van der Waals surface area contributed by atoms with Gasteiger partial charge in [0, 0.05) is 0 Å². The summed E-state index contributed by atoms with van der Waals surface area (Å²) < 4.78 is 5.35. The van der Waals surface area contributed by atoms with Gasteiger partial charge in [-0.1, -0.05) is 13.8 Å². The molecule has 1 rings (SSSR count). The molecule has 0 radical (unpaired) electrons. The molecule has 1 aromatic heterocycles. The number of amides is 1. The molecular weight excluding hydrogens is 246 g/mol. The molecule has 3 N–H and O–H groups in total. The fourth-order valence-corrected chi connectivity index (χ4v) is 1.58. The first kappa shape index (κ1) is 15.7. The summed E-state index contributed by atoms with van der Waals surface area (Å²) in [5.74, 6) is 0.857. The Balaban J connectivity index is 2.49. The summed E-state index contributed by atoms with van der Waals surface area (Å²) in [5.41, 5.74) is -1.26. The number of furan rings is 1. The van der Waals surface area contributed by atoms with Gasteiger partial charge in [-0.15, -0.1) is 0 Å². The second-order valence-corrected chi connectivity index (χ2v) is 5.48. The first-order chi connectivity index (χ1) is 8.72. The second kappa shape index (κ2) is 6.21. The zero-order valence-corrected chi connectivity index (χ0v) is 11.9. The van der Waals surface area contributed by atoms with Crippen molar-refractivity contribution in [3.63, 3.8) is 0 Å². The summed E-state index contributed by atoms with van der Waals surface area (Å²) in [6, 6.07) is 3.44. The Morgan fingerprint density at radius 1 is 1.47 bits per heavy atom. The normalized spacial score (nSPS) is 16.2. The highest BCUT2D eigenvalue weighted by atomic mass is 16.4. The van der Waals surface area contributed by atoms with Gasteiger partial charge >= 0.3 is 0 Å². The summed E-state index contributed by atoms with van der Waals surface area (Å²) >= 11 is 0. The lowest BCUT2D eigenvalue weighted by atomic mass is 10.0. The van der Waals surface area contributed by atoms with Gasteiger partial charge in [0.2, 0.25) is 5.91 Å². The summed E-state index contributed by atoms with van der Waals surface area (Å²) in [5, 5.41) is 22.4. The molecular formula is C14H23NO4. The van der Waals surface area contributed by atoms with E-state index in [4.69, 9.17) is 4.42 Å². The van der Waals surface area contributed by atoms with Crippen LogP contribution in [0.3, 0.4) is 0 Å². The molecule has 5 heteroatoms. The lowest BCUT2D eigenvalue weighted by Crippen LogP contribution is -2.39. The molecule has 0 saturated carbocycles. The largest absolute Gasteiger partial charge is 0.463 e. The van der Waals surface area contributed by atoms with Crippen LogP contribution in [0.1, 0.15) is 38.7 Å². The molecule has 2 unspecified atom stereocenters.